The summed E-state index contributed by atoms with van der Waals surface area (Å²) in [5, 5.41) is 6.16. The Bertz CT molecular complexity index is 636. The van der Waals surface area contributed by atoms with Crippen LogP contribution in [0, 0.1) is 0 Å². The van der Waals surface area contributed by atoms with E-state index in [0.29, 0.717) is 11.4 Å². The highest BCUT2D eigenvalue weighted by molar-refractivity contribution is 5.93. The molecule has 0 aliphatic rings. The van der Waals surface area contributed by atoms with E-state index >= 15 is 0 Å². The van der Waals surface area contributed by atoms with Gasteiger partial charge in [-0.2, -0.15) is 18.3 Å². The van der Waals surface area contributed by atoms with Gasteiger partial charge in [0.15, 0.2) is 0 Å². The molecule has 0 bridgehead atoms. The second kappa shape index (κ2) is 5.86. The number of benzene rings is 1. The second-order valence-electron chi connectivity index (χ2n) is 4.38. The third-order valence-corrected chi connectivity index (χ3v) is 2.76. The number of nitrogens with zero attached hydrogens (tertiary/aromatic N) is 2. The second-order valence-corrected chi connectivity index (χ2v) is 4.38. The van der Waals surface area contributed by atoms with Crippen LogP contribution in [0.15, 0.2) is 36.7 Å². The van der Waals surface area contributed by atoms with Crippen molar-refractivity contribution in [3.8, 4) is 0 Å². The molecule has 0 aliphatic heterocycles. The summed E-state index contributed by atoms with van der Waals surface area (Å²) in [5.74, 6) is -0.350. The minimum atomic E-state index is -4.43. The number of anilines is 2. The van der Waals surface area contributed by atoms with Gasteiger partial charge in [-0.1, -0.05) is 12.1 Å². The molecule has 3 N–H and O–H groups in total. The molecule has 0 fully saturated rings. The van der Waals surface area contributed by atoms with E-state index in [-0.39, 0.29) is 18.9 Å². The predicted octanol–water partition coefficient (Wildman–Crippen LogP) is 2.51. The van der Waals surface area contributed by atoms with E-state index < -0.39 is 11.7 Å². The van der Waals surface area contributed by atoms with Crippen molar-refractivity contribution in [1.29, 1.82) is 0 Å². The first-order chi connectivity index (χ1) is 9.86. The standard InChI is InChI=1S/C13H13F3N4O/c14-13(15,16)9-7-18-20(8-9)6-5-12(21)19-11-4-2-1-3-10(11)17/h1-4,7-8H,5-6,17H2,(H,19,21). The fraction of sp³-hybridized carbons (Fsp3) is 0.231. The van der Waals surface area contributed by atoms with Crippen LogP contribution in [0.5, 0.6) is 0 Å². The van der Waals surface area contributed by atoms with Gasteiger partial charge in [0.25, 0.3) is 0 Å². The van der Waals surface area contributed by atoms with Gasteiger partial charge in [-0.15, -0.1) is 0 Å². The molecule has 1 aromatic carbocycles. The Kier molecular flexibility index (Phi) is 4.15. The SMILES string of the molecule is Nc1ccccc1NC(=O)CCn1cc(C(F)(F)F)cn1. The molecule has 1 aromatic heterocycles. The van der Waals surface area contributed by atoms with Crippen molar-refractivity contribution in [2.45, 2.75) is 19.1 Å². The quantitative estimate of drug-likeness (QED) is 0.852. The van der Waals surface area contributed by atoms with E-state index in [2.05, 4.69) is 10.4 Å². The maximum absolute atomic E-state index is 12.4. The van der Waals surface area contributed by atoms with Crippen LogP contribution in [0.1, 0.15) is 12.0 Å². The predicted molar refractivity (Wildman–Crippen MR) is 71.3 cm³/mol. The first-order valence-corrected chi connectivity index (χ1v) is 6.10. The largest absolute Gasteiger partial charge is 0.419 e. The first kappa shape index (κ1) is 14.9. The van der Waals surface area contributed by atoms with Gasteiger partial charge in [-0.05, 0) is 12.1 Å². The van der Waals surface area contributed by atoms with Crippen molar-refractivity contribution < 1.29 is 18.0 Å². The number of halogens is 3. The highest BCUT2D eigenvalue weighted by atomic mass is 19.4. The highest BCUT2D eigenvalue weighted by Gasteiger charge is 2.32. The molecule has 2 aromatic rings. The summed E-state index contributed by atoms with van der Waals surface area (Å²) < 4.78 is 38.2. The Hall–Kier alpha value is -2.51. The number of rotatable bonds is 4. The number of nitrogens with two attached hydrogens (primary N) is 1. The number of para-hydroxylation sites is 2. The number of nitrogen functional groups attached to an aromatic ring is 1. The fourth-order valence-corrected chi connectivity index (χ4v) is 1.67. The summed E-state index contributed by atoms with van der Waals surface area (Å²) in [7, 11) is 0. The van der Waals surface area contributed by atoms with Crippen molar-refractivity contribution >= 4 is 17.3 Å². The summed E-state index contributed by atoms with van der Waals surface area (Å²) in [4.78, 5) is 11.7. The van der Waals surface area contributed by atoms with Crippen LogP contribution in [0.2, 0.25) is 0 Å². The molecule has 2 rings (SSSR count). The number of carbonyl (C=O) groups excluding carboxylic acids is 1. The van der Waals surface area contributed by atoms with Gasteiger partial charge in [-0.25, -0.2) is 0 Å². The van der Waals surface area contributed by atoms with Gasteiger partial charge in [0.2, 0.25) is 5.91 Å². The highest BCUT2D eigenvalue weighted by Crippen LogP contribution is 2.28. The lowest BCUT2D eigenvalue weighted by atomic mass is 10.2. The lowest BCUT2D eigenvalue weighted by Gasteiger charge is -2.07. The molecule has 0 atom stereocenters. The van der Waals surface area contributed by atoms with E-state index in [4.69, 9.17) is 5.73 Å². The maximum atomic E-state index is 12.4. The molecule has 8 heteroatoms. The minimum Gasteiger partial charge on any atom is -0.397 e. The van der Waals surface area contributed by atoms with Gasteiger partial charge in [0.05, 0.1) is 23.1 Å². The number of carbonyl (C=O) groups is 1. The van der Waals surface area contributed by atoms with E-state index in [1.54, 1.807) is 24.3 Å². The van der Waals surface area contributed by atoms with Gasteiger partial charge in [0, 0.05) is 19.2 Å². The van der Waals surface area contributed by atoms with Crippen molar-refractivity contribution in [2.75, 3.05) is 11.1 Å². The molecular formula is C13H13F3N4O. The molecule has 112 valence electrons. The average Bonchev–Trinajstić information content (AvgIpc) is 2.88. The Labute approximate surface area is 118 Å². The van der Waals surface area contributed by atoms with Crippen molar-refractivity contribution in [1.82, 2.24) is 9.78 Å². The molecule has 0 saturated heterocycles. The van der Waals surface area contributed by atoms with Crippen LogP contribution in [0.25, 0.3) is 0 Å². The lowest BCUT2D eigenvalue weighted by Crippen LogP contribution is -2.15. The smallest absolute Gasteiger partial charge is 0.397 e. The zero-order valence-electron chi connectivity index (χ0n) is 10.9. The van der Waals surface area contributed by atoms with Gasteiger partial charge in [-0.3, -0.25) is 9.48 Å². The normalized spacial score (nSPS) is 11.4. The Morgan fingerprint density at radius 3 is 2.67 bits per heavy atom. The molecule has 21 heavy (non-hydrogen) atoms. The van der Waals surface area contributed by atoms with Crippen LogP contribution < -0.4 is 11.1 Å². The summed E-state index contributed by atoms with van der Waals surface area (Å²) in [6.45, 7) is 0.0502. The lowest BCUT2D eigenvalue weighted by molar-refractivity contribution is -0.137. The summed E-state index contributed by atoms with van der Waals surface area (Å²) >= 11 is 0. The monoisotopic (exact) mass is 298 g/mol. The van der Waals surface area contributed by atoms with Crippen LogP contribution >= 0.6 is 0 Å². The Morgan fingerprint density at radius 2 is 2.05 bits per heavy atom. The topological polar surface area (TPSA) is 72.9 Å². The third-order valence-electron chi connectivity index (χ3n) is 2.76. The first-order valence-electron chi connectivity index (χ1n) is 6.10. The molecule has 5 nitrogen and oxygen atoms in total. The third kappa shape index (κ3) is 3.98. The number of aryl methyl sites for hydroxylation is 1. The molecule has 0 radical (unpaired) electrons. The molecule has 0 saturated carbocycles. The summed E-state index contributed by atoms with van der Waals surface area (Å²) in [6, 6.07) is 6.73. The zero-order valence-corrected chi connectivity index (χ0v) is 10.9. The van der Waals surface area contributed by atoms with E-state index in [1.807, 2.05) is 0 Å². The van der Waals surface area contributed by atoms with Crippen molar-refractivity contribution in [2.24, 2.45) is 0 Å². The van der Waals surface area contributed by atoms with Crippen molar-refractivity contribution in [3.63, 3.8) is 0 Å². The maximum Gasteiger partial charge on any atom is 0.419 e. The number of amides is 1. The van der Waals surface area contributed by atoms with E-state index in [1.165, 1.54) is 0 Å². The number of alkyl halides is 3. The van der Waals surface area contributed by atoms with Crippen molar-refractivity contribution in [3.05, 3.63) is 42.2 Å². The molecule has 1 heterocycles. The number of aromatic nitrogens is 2. The van der Waals surface area contributed by atoms with Gasteiger partial charge in [0.1, 0.15) is 0 Å². The van der Waals surface area contributed by atoms with Crippen LogP contribution in [0.4, 0.5) is 24.5 Å². The van der Waals surface area contributed by atoms with Crippen LogP contribution in [-0.4, -0.2) is 15.7 Å². The number of nitrogens with one attached hydrogen (secondary N) is 1. The zero-order chi connectivity index (χ0) is 15.5. The average molecular weight is 298 g/mol. The van der Waals surface area contributed by atoms with Gasteiger partial charge < -0.3 is 11.1 Å². The Balaban J connectivity index is 1.90. The molecule has 0 unspecified atom stereocenters. The van der Waals surface area contributed by atoms with Gasteiger partial charge >= 0.3 is 6.18 Å². The minimum absolute atomic E-state index is 0.00664. The van der Waals surface area contributed by atoms with Crippen LogP contribution in [-0.2, 0) is 17.5 Å². The number of hydrogen-bond donors (Lipinski definition) is 2. The van der Waals surface area contributed by atoms with Crippen LogP contribution in [0.3, 0.4) is 0 Å². The summed E-state index contributed by atoms with van der Waals surface area (Å²) in [6.07, 6.45) is -2.84. The number of hydrogen-bond acceptors (Lipinski definition) is 3. The molecule has 1 amide bonds. The Morgan fingerprint density at radius 1 is 1.33 bits per heavy atom. The van der Waals surface area contributed by atoms with E-state index in [0.717, 1.165) is 17.1 Å². The molecule has 0 spiro atoms. The molecular weight excluding hydrogens is 285 g/mol. The summed E-state index contributed by atoms with van der Waals surface area (Å²) in [5.41, 5.74) is 5.72. The fourth-order valence-electron chi connectivity index (χ4n) is 1.67. The van der Waals surface area contributed by atoms with E-state index in [9.17, 15) is 18.0 Å². The molecule has 0 aliphatic carbocycles.